The zero-order valence-electron chi connectivity index (χ0n) is 5.31. The summed E-state index contributed by atoms with van der Waals surface area (Å²) < 4.78 is 4.82. The number of methoxy groups -OCH3 is 1. The summed E-state index contributed by atoms with van der Waals surface area (Å²) in [4.78, 5) is 10.6. The first-order valence-corrected chi connectivity index (χ1v) is 2.88. The van der Waals surface area contributed by atoms with Crippen molar-refractivity contribution in [2.75, 3.05) is 13.7 Å². The van der Waals surface area contributed by atoms with Gasteiger partial charge in [-0.3, -0.25) is 10.1 Å². The summed E-state index contributed by atoms with van der Waals surface area (Å²) in [5.41, 5.74) is 0. The maximum Gasteiger partial charge on any atom is 0.224 e. The molecule has 0 radical (unpaired) electrons. The zero-order valence-corrected chi connectivity index (χ0v) is 5.31. The van der Waals surface area contributed by atoms with E-state index < -0.39 is 0 Å². The average Bonchev–Trinajstić information content (AvgIpc) is 1.88. The predicted molar refractivity (Wildman–Crippen MR) is 31.6 cm³/mol. The van der Waals surface area contributed by atoms with Crippen molar-refractivity contribution in [3.8, 4) is 0 Å². The highest BCUT2D eigenvalue weighted by atomic mass is 16.5. The van der Waals surface area contributed by atoms with Gasteiger partial charge >= 0.3 is 0 Å². The van der Waals surface area contributed by atoms with Crippen molar-refractivity contribution in [3.63, 3.8) is 0 Å². The SMILES string of the molecule is COC1NCCC(=O)N1. The van der Waals surface area contributed by atoms with Crippen LogP contribution < -0.4 is 10.6 Å². The lowest BCUT2D eigenvalue weighted by atomic mass is 10.3. The Morgan fingerprint density at radius 3 is 3.00 bits per heavy atom. The standard InChI is InChI=1S/C5H10N2O2/c1-9-5-6-3-2-4(8)7-5/h5-6H,2-3H2,1H3,(H,7,8). The largest absolute Gasteiger partial charge is 0.348 e. The van der Waals surface area contributed by atoms with Crippen molar-refractivity contribution in [3.05, 3.63) is 0 Å². The Hall–Kier alpha value is -0.610. The highest BCUT2D eigenvalue weighted by molar-refractivity contribution is 5.76. The Morgan fingerprint density at radius 1 is 1.78 bits per heavy atom. The number of ether oxygens (including phenoxy) is 1. The van der Waals surface area contributed by atoms with Gasteiger partial charge in [0.15, 0.2) is 6.35 Å². The van der Waals surface area contributed by atoms with Gasteiger partial charge in [0.1, 0.15) is 0 Å². The molecule has 1 rings (SSSR count). The summed E-state index contributed by atoms with van der Waals surface area (Å²) in [5, 5.41) is 5.54. The van der Waals surface area contributed by atoms with E-state index in [2.05, 4.69) is 10.6 Å². The summed E-state index contributed by atoms with van der Waals surface area (Å²) >= 11 is 0. The summed E-state index contributed by atoms with van der Waals surface area (Å²) in [5.74, 6) is 0.0422. The Bertz CT molecular complexity index is 116. The molecule has 0 spiro atoms. The normalized spacial score (nSPS) is 27.7. The molecule has 0 aromatic rings. The van der Waals surface area contributed by atoms with Gasteiger partial charge in [0.25, 0.3) is 0 Å². The van der Waals surface area contributed by atoms with E-state index in [1.165, 1.54) is 0 Å². The molecule has 4 heteroatoms. The van der Waals surface area contributed by atoms with E-state index in [-0.39, 0.29) is 12.3 Å². The van der Waals surface area contributed by atoms with Crippen molar-refractivity contribution >= 4 is 5.91 Å². The van der Waals surface area contributed by atoms with Crippen LogP contribution in [0.2, 0.25) is 0 Å². The molecule has 1 unspecified atom stereocenters. The van der Waals surface area contributed by atoms with E-state index in [0.717, 1.165) is 0 Å². The van der Waals surface area contributed by atoms with Gasteiger partial charge in [-0.15, -0.1) is 0 Å². The molecule has 0 aromatic carbocycles. The zero-order chi connectivity index (χ0) is 6.69. The first-order valence-electron chi connectivity index (χ1n) is 2.88. The second-order valence-electron chi connectivity index (χ2n) is 1.89. The molecular weight excluding hydrogens is 120 g/mol. The summed E-state index contributed by atoms with van der Waals surface area (Å²) in [6.07, 6.45) is 0.256. The van der Waals surface area contributed by atoms with Crippen molar-refractivity contribution < 1.29 is 9.53 Å². The fraction of sp³-hybridized carbons (Fsp3) is 0.800. The van der Waals surface area contributed by atoms with E-state index in [1.807, 2.05) is 0 Å². The minimum atomic E-state index is -0.286. The fourth-order valence-electron chi connectivity index (χ4n) is 0.728. The molecule has 1 aliphatic rings. The molecule has 0 bridgehead atoms. The molecule has 1 heterocycles. The van der Waals surface area contributed by atoms with E-state index in [0.29, 0.717) is 13.0 Å². The number of amides is 1. The number of hydrogen-bond acceptors (Lipinski definition) is 3. The smallest absolute Gasteiger partial charge is 0.224 e. The van der Waals surface area contributed by atoms with Gasteiger partial charge in [-0.05, 0) is 0 Å². The molecule has 0 aliphatic carbocycles. The van der Waals surface area contributed by atoms with Gasteiger partial charge in [0.2, 0.25) is 5.91 Å². The molecule has 52 valence electrons. The lowest BCUT2D eigenvalue weighted by Crippen LogP contribution is -2.52. The molecule has 1 fully saturated rings. The van der Waals surface area contributed by atoms with Crippen molar-refractivity contribution in [2.45, 2.75) is 12.8 Å². The molecule has 1 atom stereocenters. The van der Waals surface area contributed by atoms with Crippen molar-refractivity contribution in [1.82, 2.24) is 10.6 Å². The van der Waals surface area contributed by atoms with Crippen LogP contribution >= 0.6 is 0 Å². The maximum atomic E-state index is 10.6. The highest BCUT2D eigenvalue weighted by Gasteiger charge is 2.14. The van der Waals surface area contributed by atoms with E-state index in [1.54, 1.807) is 7.11 Å². The minimum Gasteiger partial charge on any atom is -0.348 e. The van der Waals surface area contributed by atoms with Crippen molar-refractivity contribution in [1.29, 1.82) is 0 Å². The Morgan fingerprint density at radius 2 is 2.56 bits per heavy atom. The monoisotopic (exact) mass is 130 g/mol. The predicted octanol–water partition coefficient (Wildman–Crippen LogP) is -0.974. The first-order chi connectivity index (χ1) is 4.33. The molecule has 9 heavy (non-hydrogen) atoms. The van der Waals surface area contributed by atoms with E-state index in [4.69, 9.17) is 4.74 Å². The Labute approximate surface area is 53.6 Å². The quantitative estimate of drug-likeness (QED) is 0.480. The molecule has 1 saturated heterocycles. The van der Waals surface area contributed by atoms with Crippen LogP contribution in [-0.4, -0.2) is 25.9 Å². The van der Waals surface area contributed by atoms with Gasteiger partial charge in [-0.25, -0.2) is 0 Å². The molecule has 1 amide bonds. The number of nitrogens with one attached hydrogen (secondary N) is 2. The van der Waals surface area contributed by atoms with Crippen LogP contribution in [0, 0.1) is 0 Å². The van der Waals surface area contributed by atoms with Crippen LogP contribution in [0.1, 0.15) is 6.42 Å². The van der Waals surface area contributed by atoms with Gasteiger partial charge in [-0.2, -0.15) is 0 Å². The van der Waals surface area contributed by atoms with E-state index >= 15 is 0 Å². The molecule has 0 saturated carbocycles. The Kier molecular flexibility index (Phi) is 2.02. The first kappa shape index (κ1) is 6.51. The van der Waals surface area contributed by atoms with Gasteiger partial charge < -0.3 is 10.1 Å². The molecule has 4 nitrogen and oxygen atoms in total. The Balaban J connectivity index is 2.32. The van der Waals surface area contributed by atoms with Crippen molar-refractivity contribution in [2.24, 2.45) is 0 Å². The number of hydrogen-bond donors (Lipinski definition) is 2. The van der Waals surface area contributed by atoms with Gasteiger partial charge in [-0.1, -0.05) is 0 Å². The van der Waals surface area contributed by atoms with Crippen LogP contribution in [0.4, 0.5) is 0 Å². The number of carbonyl (C=O) groups excluding carboxylic acids is 1. The van der Waals surface area contributed by atoms with Crippen LogP contribution in [-0.2, 0) is 9.53 Å². The topological polar surface area (TPSA) is 50.4 Å². The molecule has 1 aliphatic heterocycles. The third kappa shape index (κ3) is 1.65. The van der Waals surface area contributed by atoms with Crippen LogP contribution in [0.15, 0.2) is 0 Å². The number of rotatable bonds is 1. The van der Waals surface area contributed by atoms with Crippen LogP contribution in [0.5, 0.6) is 0 Å². The summed E-state index contributed by atoms with van der Waals surface area (Å²) in [6.45, 7) is 0.699. The summed E-state index contributed by atoms with van der Waals surface area (Å²) in [7, 11) is 1.54. The van der Waals surface area contributed by atoms with Gasteiger partial charge in [0, 0.05) is 20.1 Å². The van der Waals surface area contributed by atoms with Gasteiger partial charge in [0.05, 0.1) is 0 Å². The van der Waals surface area contributed by atoms with Crippen LogP contribution in [0.25, 0.3) is 0 Å². The lowest BCUT2D eigenvalue weighted by Gasteiger charge is -2.22. The maximum absolute atomic E-state index is 10.6. The highest BCUT2D eigenvalue weighted by Crippen LogP contribution is 1.89. The second-order valence-corrected chi connectivity index (χ2v) is 1.89. The minimum absolute atomic E-state index is 0.0422. The molecular formula is C5H10N2O2. The van der Waals surface area contributed by atoms with E-state index in [9.17, 15) is 4.79 Å². The summed E-state index contributed by atoms with van der Waals surface area (Å²) in [6, 6.07) is 0. The van der Waals surface area contributed by atoms with Crippen LogP contribution in [0.3, 0.4) is 0 Å². The third-order valence-electron chi connectivity index (χ3n) is 1.21. The fourth-order valence-corrected chi connectivity index (χ4v) is 0.728. The number of carbonyl (C=O) groups is 1. The average molecular weight is 130 g/mol. The second kappa shape index (κ2) is 2.80. The lowest BCUT2D eigenvalue weighted by molar-refractivity contribution is -0.128. The third-order valence-corrected chi connectivity index (χ3v) is 1.21. The molecule has 0 aromatic heterocycles. The molecule has 2 N–H and O–H groups in total.